The topological polar surface area (TPSA) is 39.2 Å². The highest BCUT2D eigenvalue weighted by Crippen LogP contribution is 2.38. The Morgan fingerprint density at radius 1 is 0.929 bits per heavy atom. The lowest BCUT2D eigenvalue weighted by Gasteiger charge is -2.31. The smallest absolute Gasteiger partial charge is 0.314 e. The minimum atomic E-state index is -0.0606. The van der Waals surface area contributed by atoms with Gasteiger partial charge in [0.2, 0.25) is 0 Å². The first kappa shape index (κ1) is 21.3. The molecule has 0 saturated heterocycles. The zero-order chi connectivity index (χ0) is 19.8. The maximum absolute atomic E-state index is 12.4. The fraction of sp³-hybridized carbons (Fsp3) is 0.760. The van der Waals surface area contributed by atoms with Gasteiger partial charge in [-0.15, -0.1) is 0 Å². The summed E-state index contributed by atoms with van der Waals surface area (Å²) in [5.41, 5.74) is 0.940. The van der Waals surface area contributed by atoms with Gasteiger partial charge < -0.3 is 4.74 Å². The van der Waals surface area contributed by atoms with Crippen molar-refractivity contribution in [1.29, 1.82) is 0 Å². The van der Waals surface area contributed by atoms with Crippen LogP contribution in [0.25, 0.3) is 0 Å². The minimum absolute atomic E-state index is 0.0606. The third kappa shape index (κ3) is 6.60. The molecule has 0 amide bonds. The lowest BCUT2D eigenvalue weighted by atomic mass is 9.75. The molecule has 0 aliphatic heterocycles. The molecule has 0 radical (unpaired) electrons. The quantitative estimate of drug-likeness (QED) is 0.458. The van der Waals surface area contributed by atoms with Gasteiger partial charge in [-0.25, -0.2) is 0 Å². The van der Waals surface area contributed by atoms with Crippen LogP contribution in [0.2, 0.25) is 0 Å². The van der Waals surface area contributed by atoms with Crippen molar-refractivity contribution >= 4 is 5.97 Å². The largest absolute Gasteiger partial charge is 0.425 e. The van der Waals surface area contributed by atoms with Crippen LogP contribution in [0.1, 0.15) is 96.1 Å². The highest BCUT2D eigenvalue weighted by molar-refractivity contribution is 5.75. The highest BCUT2D eigenvalue weighted by Gasteiger charge is 2.28. The van der Waals surface area contributed by atoms with Crippen molar-refractivity contribution in [1.82, 2.24) is 4.98 Å². The number of aryl methyl sites for hydroxylation is 1. The van der Waals surface area contributed by atoms with Crippen molar-refractivity contribution in [2.75, 3.05) is 0 Å². The Hall–Kier alpha value is -1.38. The van der Waals surface area contributed by atoms with E-state index in [0.29, 0.717) is 5.75 Å². The molecule has 3 heteroatoms. The van der Waals surface area contributed by atoms with Crippen LogP contribution in [0.15, 0.2) is 18.3 Å². The third-order valence-electron chi connectivity index (χ3n) is 7.20. The predicted octanol–water partition coefficient (Wildman–Crippen LogP) is 6.88. The molecule has 1 heterocycles. The minimum Gasteiger partial charge on any atom is -0.425 e. The van der Waals surface area contributed by atoms with Gasteiger partial charge in [0.05, 0.1) is 12.1 Å². The van der Waals surface area contributed by atoms with E-state index in [9.17, 15) is 4.79 Å². The van der Waals surface area contributed by atoms with E-state index < -0.39 is 0 Å². The second kappa shape index (κ2) is 11.0. The van der Waals surface area contributed by atoms with Crippen LogP contribution in [0, 0.1) is 30.6 Å². The van der Waals surface area contributed by atoms with Crippen molar-refractivity contribution in [2.24, 2.45) is 23.7 Å². The van der Waals surface area contributed by atoms with Gasteiger partial charge in [-0.2, -0.15) is 0 Å². The van der Waals surface area contributed by atoms with Gasteiger partial charge in [-0.1, -0.05) is 64.7 Å². The van der Waals surface area contributed by atoms with Crippen LogP contribution in [-0.4, -0.2) is 11.0 Å². The Morgan fingerprint density at radius 2 is 1.50 bits per heavy atom. The van der Waals surface area contributed by atoms with E-state index in [0.717, 1.165) is 36.3 Å². The van der Waals surface area contributed by atoms with Crippen molar-refractivity contribution in [2.45, 2.75) is 97.3 Å². The van der Waals surface area contributed by atoms with Crippen molar-refractivity contribution < 1.29 is 9.53 Å². The predicted molar refractivity (Wildman–Crippen MR) is 114 cm³/mol. The number of carbonyl (C=O) groups excluding carboxylic acids is 1. The molecule has 2 aliphatic carbocycles. The summed E-state index contributed by atoms with van der Waals surface area (Å²) in [5.74, 6) is 3.40. The SMILES string of the molecule is CCCCC1CCC(CCC2CCC(C(=O)Oc3ccc(C)nc3)CC2)CC1. The second-order valence-electron chi connectivity index (χ2n) is 9.38. The first-order valence-corrected chi connectivity index (χ1v) is 11.8. The lowest BCUT2D eigenvalue weighted by molar-refractivity contribution is -0.140. The maximum atomic E-state index is 12.4. The molecule has 0 unspecified atom stereocenters. The summed E-state index contributed by atoms with van der Waals surface area (Å²) in [6, 6.07) is 3.72. The molecule has 2 saturated carbocycles. The Morgan fingerprint density at radius 3 is 2.04 bits per heavy atom. The Bertz CT molecular complexity index is 581. The number of nitrogens with zero attached hydrogens (tertiary/aromatic N) is 1. The summed E-state index contributed by atoms with van der Waals surface area (Å²) >= 11 is 0. The molecule has 2 aliphatic rings. The number of hydrogen-bond acceptors (Lipinski definition) is 3. The van der Waals surface area contributed by atoms with Gasteiger partial charge in [0.15, 0.2) is 0 Å². The molecule has 28 heavy (non-hydrogen) atoms. The van der Waals surface area contributed by atoms with E-state index >= 15 is 0 Å². The number of aromatic nitrogens is 1. The zero-order valence-electron chi connectivity index (χ0n) is 18.0. The van der Waals surface area contributed by atoms with Crippen LogP contribution >= 0.6 is 0 Å². The van der Waals surface area contributed by atoms with Crippen molar-refractivity contribution in [3.63, 3.8) is 0 Å². The van der Waals surface area contributed by atoms with E-state index in [4.69, 9.17) is 4.74 Å². The average molecular weight is 386 g/mol. The molecule has 0 spiro atoms. The van der Waals surface area contributed by atoms with Crippen LogP contribution in [-0.2, 0) is 4.79 Å². The molecule has 2 fully saturated rings. The molecule has 3 rings (SSSR count). The number of rotatable bonds is 8. The molecule has 0 N–H and O–H groups in total. The molecule has 1 aromatic rings. The van der Waals surface area contributed by atoms with E-state index in [-0.39, 0.29) is 11.9 Å². The monoisotopic (exact) mass is 385 g/mol. The standard InChI is InChI=1S/C25H39NO2/c1-3-4-5-20-7-9-21(10-8-20)11-12-22-13-15-23(16-14-22)25(27)28-24-17-6-19(2)26-18-24/h6,17-18,20-23H,3-5,7-16H2,1-2H3. The third-order valence-corrected chi connectivity index (χ3v) is 7.20. The molecule has 156 valence electrons. The summed E-state index contributed by atoms with van der Waals surface area (Å²) < 4.78 is 5.54. The molecule has 0 aromatic carbocycles. The van der Waals surface area contributed by atoms with Gasteiger partial charge in [-0.3, -0.25) is 9.78 Å². The number of ether oxygens (including phenoxy) is 1. The molecule has 3 nitrogen and oxygen atoms in total. The van der Waals surface area contributed by atoms with Gasteiger partial charge in [0.25, 0.3) is 0 Å². The van der Waals surface area contributed by atoms with Crippen molar-refractivity contribution in [3.8, 4) is 5.75 Å². The Labute approximate surface area is 171 Å². The van der Waals surface area contributed by atoms with Gasteiger partial charge in [0, 0.05) is 5.69 Å². The number of hydrogen-bond donors (Lipinski definition) is 0. The number of carbonyl (C=O) groups is 1. The van der Waals surface area contributed by atoms with Gasteiger partial charge in [-0.05, 0) is 62.5 Å². The number of unbranched alkanes of at least 4 members (excludes halogenated alkanes) is 1. The normalized spacial score (nSPS) is 28.1. The van der Waals surface area contributed by atoms with E-state index in [1.165, 1.54) is 70.6 Å². The van der Waals surface area contributed by atoms with E-state index in [1.807, 2.05) is 19.1 Å². The van der Waals surface area contributed by atoms with E-state index in [1.54, 1.807) is 6.20 Å². The van der Waals surface area contributed by atoms with Crippen LogP contribution in [0.4, 0.5) is 0 Å². The maximum Gasteiger partial charge on any atom is 0.314 e. The van der Waals surface area contributed by atoms with Gasteiger partial charge in [0.1, 0.15) is 5.75 Å². The highest BCUT2D eigenvalue weighted by atomic mass is 16.5. The fourth-order valence-electron chi connectivity index (χ4n) is 5.17. The molecule has 1 aromatic heterocycles. The first-order chi connectivity index (χ1) is 13.6. The Balaban J connectivity index is 1.31. The number of pyridine rings is 1. The van der Waals surface area contributed by atoms with Crippen LogP contribution < -0.4 is 4.74 Å². The first-order valence-electron chi connectivity index (χ1n) is 11.8. The van der Waals surface area contributed by atoms with E-state index in [2.05, 4.69) is 11.9 Å². The Kier molecular flexibility index (Phi) is 8.36. The summed E-state index contributed by atoms with van der Waals surface area (Å²) in [6.45, 7) is 4.24. The zero-order valence-corrected chi connectivity index (χ0v) is 18.0. The summed E-state index contributed by atoms with van der Waals surface area (Å²) in [7, 11) is 0. The lowest BCUT2D eigenvalue weighted by Crippen LogP contribution is -2.26. The van der Waals surface area contributed by atoms with Crippen LogP contribution in [0.5, 0.6) is 5.75 Å². The fourth-order valence-corrected chi connectivity index (χ4v) is 5.17. The van der Waals surface area contributed by atoms with Gasteiger partial charge >= 0.3 is 5.97 Å². The molecular formula is C25H39NO2. The number of esters is 1. The molecular weight excluding hydrogens is 346 g/mol. The summed E-state index contributed by atoms with van der Waals surface area (Å²) in [4.78, 5) is 16.6. The van der Waals surface area contributed by atoms with Crippen LogP contribution in [0.3, 0.4) is 0 Å². The second-order valence-corrected chi connectivity index (χ2v) is 9.38. The molecule has 0 bridgehead atoms. The summed E-state index contributed by atoms with van der Waals surface area (Å²) in [5, 5.41) is 0. The average Bonchev–Trinajstić information content (AvgIpc) is 2.73. The van der Waals surface area contributed by atoms with Crippen molar-refractivity contribution in [3.05, 3.63) is 24.0 Å². The molecule has 0 atom stereocenters. The summed E-state index contributed by atoms with van der Waals surface area (Å²) in [6.07, 6.45) is 18.9.